The van der Waals surface area contributed by atoms with Gasteiger partial charge in [0.2, 0.25) is 0 Å². The molecule has 0 spiro atoms. The Bertz CT molecular complexity index is 743. The van der Waals surface area contributed by atoms with E-state index in [1.54, 1.807) is 18.5 Å². The summed E-state index contributed by atoms with van der Waals surface area (Å²) in [5, 5.41) is 3.21. The van der Waals surface area contributed by atoms with Crippen LogP contribution >= 0.6 is 11.6 Å². The first-order valence-electron chi connectivity index (χ1n) is 6.79. The minimum absolute atomic E-state index is 0.0797. The fourth-order valence-corrected chi connectivity index (χ4v) is 2.67. The molecule has 1 N–H and O–H groups in total. The van der Waals surface area contributed by atoms with E-state index >= 15 is 0 Å². The first kappa shape index (κ1) is 14.6. The van der Waals surface area contributed by atoms with Crippen LogP contribution in [-0.2, 0) is 23.9 Å². The lowest BCUT2D eigenvalue weighted by Crippen LogP contribution is -2.40. The summed E-state index contributed by atoms with van der Waals surface area (Å²) in [7, 11) is 1.74. The monoisotopic (exact) mass is 318 g/mol. The van der Waals surface area contributed by atoms with E-state index in [9.17, 15) is 9.59 Å². The molecule has 1 saturated heterocycles. The van der Waals surface area contributed by atoms with Gasteiger partial charge in [0, 0.05) is 7.05 Å². The summed E-state index contributed by atoms with van der Waals surface area (Å²) in [4.78, 5) is 30.2. The number of aromatic nitrogens is 2. The lowest BCUT2D eigenvalue weighted by Gasteiger charge is -2.22. The Hall–Kier alpha value is -2.34. The number of rotatable bonds is 3. The second kappa shape index (κ2) is 5.14. The van der Waals surface area contributed by atoms with Crippen LogP contribution in [0.15, 0.2) is 36.5 Å². The van der Waals surface area contributed by atoms with Gasteiger partial charge in [0.1, 0.15) is 16.5 Å². The van der Waals surface area contributed by atoms with Crippen LogP contribution in [0.1, 0.15) is 18.3 Å². The number of imide groups is 1. The van der Waals surface area contributed by atoms with E-state index in [2.05, 4.69) is 10.3 Å². The number of hydrogen-bond acceptors (Lipinski definition) is 3. The van der Waals surface area contributed by atoms with Gasteiger partial charge < -0.3 is 9.88 Å². The number of nitrogens with one attached hydrogen (secondary N) is 1. The summed E-state index contributed by atoms with van der Waals surface area (Å²) < 4.78 is 1.64. The molecule has 0 saturated carbocycles. The molecule has 2 aromatic rings. The zero-order chi connectivity index (χ0) is 15.9. The average molecular weight is 319 g/mol. The largest absolute Gasteiger partial charge is 0.325 e. The molecule has 3 amide bonds. The van der Waals surface area contributed by atoms with Gasteiger partial charge in [-0.25, -0.2) is 9.78 Å². The van der Waals surface area contributed by atoms with Gasteiger partial charge in [-0.15, -0.1) is 0 Å². The Kier molecular flexibility index (Phi) is 3.41. The van der Waals surface area contributed by atoms with Crippen LogP contribution in [0.4, 0.5) is 4.79 Å². The van der Waals surface area contributed by atoms with Gasteiger partial charge >= 0.3 is 6.03 Å². The molecule has 1 fully saturated rings. The van der Waals surface area contributed by atoms with Crippen molar-refractivity contribution in [3.8, 4) is 0 Å². The predicted octanol–water partition coefficient (Wildman–Crippen LogP) is 2.04. The lowest BCUT2D eigenvalue weighted by atomic mass is 9.92. The normalized spacial score (nSPS) is 21.3. The van der Waals surface area contributed by atoms with Gasteiger partial charge in [-0.1, -0.05) is 41.9 Å². The number of carbonyl (C=O) groups excluding carboxylic acids is 2. The molecule has 0 aliphatic carbocycles. The van der Waals surface area contributed by atoms with Gasteiger partial charge in [-0.2, -0.15) is 0 Å². The minimum atomic E-state index is -1.06. The maximum absolute atomic E-state index is 12.7. The van der Waals surface area contributed by atoms with E-state index in [4.69, 9.17) is 11.6 Å². The molecule has 1 aromatic carbocycles. The first-order chi connectivity index (χ1) is 10.4. The summed E-state index contributed by atoms with van der Waals surface area (Å²) in [6.45, 7) is 1.78. The molecular formula is C15H15ClN4O2. The van der Waals surface area contributed by atoms with Crippen LogP contribution in [0, 0.1) is 0 Å². The van der Waals surface area contributed by atoms with Crippen LogP contribution in [0.2, 0.25) is 5.15 Å². The number of imidazole rings is 1. The molecule has 3 rings (SSSR count). The summed E-state index contributed by atoms with van der Waals surface area (Å²) in [5.41, 5.74) is -0.318. The van der Waals surface area contributed by atoms with E-state index in [1.165, 1.54) is 6.20 Å². The second-order valence-corrected chi connectivity index (χ2v) is 5.76. The third-order valence-corrected chi connectivity index (χ3v) is 4.30. The second-order valence-electron chi connectivity index (χ2n) is 5.37. The summed E-state index contributed by atoms with van der Waals surface area (Å²) in [6.07, 6.45) is 1.49. The Morgan fingerprint density at radius 1 is 1.27 bits per heavy atom. The number of hydrogen-bond donors (Lipinski definition) is 1. The van der Waals surface area contributed by atoms with Crippen molar-refractivity contribution in [3.05, 3.63) is 53.1 Å². The quantitative estimate of drug-likeness (QED) is 0.881. The highest BCUT2D eigenvalue weighted by Crippen LogP contribution is 2.29. The molecule has 0 bridgehead atoms. The summed E-state index contributed by atoms with van der Waals surface area (Å²) in [6, 6.07) is 8.73. The number of urea groups is 1. The Morgan fingerprint density at radius 2 is 1.95 bits per heavy atom. The van der Waals surface area contributed by atoms with Crippen molar-refractivity contribution in [1.29, 1.82) is 0 Å². The smallest absolute Gasteiger partial charge is 0.321 e. The molecule has 2 heterocycles. The average Bonchev–Trinajstić information content (AvgIpc) is 2.94. The van der Waals surface area contributed by atoms with Crippen LogP contribution in [0.5, 0.6) is 0 Å². The fourth-order valence-electron chi connectivity index (χ4n) is 2.52. The maximum atomic E-state index is 12.7. The molecular weight excluding hydrogens is 304 g/mol. The molecule has 1 unspecified atom stereocenters. The van der Waals surface area contributed by atoms with Gasteiger partial charge in [-0.3, -0.25) is 9.69 Å². The maximum Gasteiger partial charge on any atom is 0.325 e. The van der Waals surface area contributed by atoms with Gasteiger partial charge in [0.05, 0.1) is 12.7 Å². The van der Waals surface area contributed by atoms with Crippen LogP contribution < -0.4 is 5.32 Å². The first-order valence-corrected chi connectivity index (χ1v) is 7.17. The predicted molar refractivity (Wildman–Crippen MR) is 81.1 cm³/mol. The van der Waals surface area contributed by atoms with Crippen LogP contribution in [0.25, 0.3) is 0 Å². The number of halogens is 1. The van der Waals surface area contributed by atoms with Crippen molar-refractivity contribution in [2.45, 2.75) is 19.0 Å². The van der Waals surface area contributed by atoms with Crippen molar-refractivity contribution in [1.82, 2.24) is 19.8 Å². The zero-order valence-electron chi connectivity index (χ0n) is 12.2. The highest BCUT2D eigenvalue weighted by atomic mass is 35.5. The van der Waals surface area contributed by atoms with E-state index in [1.807, 2.05) is 30.3 Å². The minimum Gasteiger partial charge on any atom is -0.321 e. The number of amides is 3. The molecule has 7 heteroatoms. The van der Waals surface area contributed by atoms with E-state index < -0.39 is 11.6 Å². The van der Waals surface area contributed by atoms with E-state index in [0.717, 1.165) is 10.5 Å². The Morgan fingerprint density at radius 3 is 2.55 bits per heavy atom. The summed E-state index contributed by atoms with van der Waals surface area (Å²) >= 11 is 5.94. The van der Waals surface area contributed by atoms with Gasteiger partial charge in [0.15, 0.2) is 0 Å². The number of carbonyl (C=O) groups is 2. The van der Waals surface area contributed by atoms with Gasteiger partial charge in [-0.05, 0) is 12.5 Å². The topological polar surface area (TPSA) is 67.2 Å². The summed E-state index contributed by atoms with van der Waals surface area (Å²) in [5.74, 6) is 0.244. The third kappa shape index (κ3) is 2.16. The molecule has 1 aromatic heterocycles. The van der Waals surface area contributed by atoms with Crippen molar-refractivity contribution in [2.75, 3.05) is 0 Å². The van der Waals surface area contributed by atoms with Crippen molar-refractivity contribution < 1.29 is 9.59 Å². The molecule has 0 radical (unpaired) electrons. The fraction of sp³-hybridized carbons (Fsp3) is 0.267. The molecule has 1 aliphatic heterocycles. The number of nitrogens with zero attached hydrogens (tertiary/aromatic N) is 3. The zero-order valence-corrected chi connectivity index (χ0v) is 13.0. The Balaban J connectivity index is 1.90. The molecule has 114 valence electrons. The Labute approximate surface area is 132 Å². The molecule has 6 nitrogen and oxygen atoms in total. The van der Waals surface area contributed by atoms with Crippen LogP contribution in [0.3, 0.4) is 0 Å². The van der Waals surface area contributed by atoms with Crippen LogP contribution in [-0.4, -0.2) is 26.4 Å². The van der Waals surface area contributed by atoms with Crippen molar-refractivity contribution in [3.63, 3.8) is 0 Å². The van der Waals surface area contributed by atoms with E-state index in [0.29, 0.717) is 11.0 Å². The van der Waals surface area contributed by atoms with Gasteiger partial charge in [0.25, 0.3) is 5.91 Å². The van der Waals surface area contributed by atoms with Crippen molar-refractivity contribution >= 4 is 23.5 Å². The molecule has 1 atom stereocenters. The highest BCUT2D eigenvalue weighted by Gasteiger charge is 2.49. The van der Waals surface area contributed by atoms with Crippen molar-refractivity contribution in [2.24, 2.45) is 7.05 Å². The third-order valence-electron chi connectivity index (χ3n) is 3.95. The standard InChI is InChI=1S/C15H15ClN4O2/c1-15(10-6-4-3-5-7-10)13(21)20(14(22)18-15)9-12-17-8-11(16)19(12)2/h3-8H,9H2,1-2H3,(H,18,22). The number of benzene rings is 1. The SMILES string of the molecule is Cn1c(Cl)cnc1CN1C(=O)NC(C)(c2ccccc2)C1=O. The van der Waals surface area contributed by atoms with E-state index in [-0.39, 0.29) is 12.5 Å². The molecule has 1 aliphatic rings. The lowest BCUT2D eigenvalue weighted by molar-refractivity contribution is -0.131. The highest BCUT2D eigenvalue weighted by molar-refractivity contribution is 6.29. The molecule has 22 heavy (non-hydrogen) atoms.